The number of carbonyl (C=O) groups is 5. The molecule has 2 unspecified atom stereocenters. The quantitative estimate of drug-likeness (QED) is 0.272. The van der Waals surface area contributed by atoms with Gasteiger partial charge in [0.25, 0.3) is 23.4 Å². The second-order valence-corrected chi connectivity index (χ2v) is 10.5. The van der Waals surface area contributed by atoms with Gasteiger partial charge in [-0.1, -0.05) is 44.7 Å². The van der Waals surface area contributed by atoms with Gasteiger partial charge in [0.15, 0.2) is 0 Å². The van der Waals surface area contributed by atoms with Crippen molar-refractivity contribution in [1.82, 2.24) is 26.0 Å². The lowest BCUT2D eigenvalue weighted by atomic mass is 9.91. The van der Waals surface area contributed by atoms with E-state index in [1.807, 2.05) is 0 Å². The first-order valence-electron chi connectivity index (χ1n) is 13.1. The summed E-state index contributed by atoms with van der Waals surface area (Å²) in [6, 6.07) is -2.34. The van der Waals surface area contributed by atoms with E-state index in [2.05, 4.69) is 16.1 Å². The third-order valence-electron chi connectivity index (χ3n) is 7.99. The van der Waals surface area contributed by atoms with Gasteiger partial charge < -0.3 is 15.5 Å². The smallest absolute Gasteiger partial charge is 0.315 e. The molecule has 2 saturated heterocycles. The first-order chi connectivity index (χ1) is 18.0. The number of rotatable bonds is 10. The number of likely N-dealkylation sites (tertiary alicyclic amines) is 1. The van der Waals surface area contributed by atoms with Crippen molar-refractivity contribution in [3.63, 3.8) is 0 Å². The fourth-order valence-electron chi connectivity index (χ4n) is 5.95. The van der Waals surface area contributed by atoms with Crippen molar-refractivity contribution in [2.75, 3.05) is 19.6 Å². The molecule has 10 nitrogen and oxygen atoms in total. The second-order valence-electron chi connectivity index (χ2n) is 10.2. The Bertz CT molecular complexity index is 922. The monoisotopic (exact) mass is 565 g/mol. The first-order valence-corrected chi connectivity index (χ1v) is 13.5. The molecular weight excluding hydrogens is 531 g/mol. The summed E-state index contributed by atoms with van der Waals surface area (Å²) in [5.41, 5.74) is -0.0891. The predicted molar refractivity (Wildman–Crippen MR) is 130 cm³/mol. The van der Waals surface area contributed by atoms with Crippen LogP contribution in [0.4, 0.5) is 13.2 Å². The van der Waals surface area contributed by atoms with Crippen LogP contribution in [0.5, 0.6) is 0 Å². The molecule has 2 aliphatic heterocycles. The number of halogens is 4. The molecule has 5 amide bonds. The number of hydrogen-bond acceptors (Lipinski definition) is 5. The van der Waals surface area contributed by atoms with Gasteiger partial charge in [0.2, 0.25) is 11.8 Å². The highest BCUT2D eigenvalue weighted by Gasteiger charge is 2.51. The Balaban J connectivity index is 1.87. The van der Waals surface area contributed by atoms with Gasteiger partial charge in [-0.3, -0.25) is 29.4 Å². The maximum absolute atomic E-state index is 13.8. The predicted octanol–water partition coefficient (Wildman–Crippen LogP) is 1.33. The molecule has 3 aliphatic rings. The number of carbonyl (C=O) groups excluding carboxylic acids is 5. The molecule has 0 aromatic carbocycles. The number of alkyl halides is 4. The molecule has 0 radical (unpaired) electrons. The molecule has 214 valence electrons. The van der Waals surface area contributed by atoms with Crippen molar-refractivity contribution in [2.45, 2.75) is 76.5 Å². The summed E-state index contributed by atoms with van der Waals surface area (Å²) in [5.74, 6) is -6.02. The highest BCUT2D eigenvalue weighted by Crippen LogP contribution is 2.43. The molecular formula is C24H35ClF3N5O5. The molecule has 38 heavy (non-hydrogen) atoms. The van der Waals surface area contributed by atoms with Crippen molar-refractivity contribution in [3.05, 3.63) is 0 Å². The average Bonchev–Trinajstić information content (AvgIpc) is 3.58. The maximum Gasteiger partial charge on any atom is 0.315 e. The van der Waals surface area contributed by atoms with Gasteiger partial charge >= 0.3 is 6.43 Å². The van der Waals surface area contributed by atoms with Crippen molar-refractivity contribution in [1.29, 1.82) is 0 Å². The van der Waals surface area contributed by atoms with Gasteiger partial charge in [-0.05, 0) is 37.0 Å². The van der Waals surface area contributed by atoms with E-state index in [1.165, 1.54) is 4.90 Å². The highest BCUT2D eigenvalue weighted by atomic mass is 35.5. The first kappa shape index (κ1) is 30.0. The van der Waals surface area contributed by atoms with Crippen molar-refractivity contribution in [3.8, 4) is 0 Å². The van der Waals surface area contributed by atoms with E-state index in [0.717, 1.165) is 12.8 Å². The second kappa shape index (κ2) is 13.0. The number of amides is 5. The zero-order valence-corrected chi connectivity index (χ0v) is 22.2. The van der Waals surface area contributed by atoms with E-state index in [4.69, 9.17) is 11.6 Å². The number of nitrogens with one attached hydrogen (secondary N) is 3. The van der Waals surface area contributed by atoms with E-state index in [1.54, 1.807) is 13.8 Å². The van der Waals surface area contributed by atoms with E-state index in [9.17, 15) is 37.1 Å². The summed E-state index contributed by atoms with van der Waals surface area (Å²) in [7, 11) is 0. The van der Waals surface area contributed by atoms with Crippen LogP contribution in [0.25, 0.3) is 0 Å². The maximum atomic E-state index is 13.8. The van der Waals surface area contributed by atoms with E-state index in [-0.39, 0.29) is 30.8 Å². The Kier molecular flexibility index (Phi) is 10.2. The van der Waals surface area contributed by atoms with Crippen molar-refractivity contribution < 1.29 is 37.1 Å². The van der Waals surface area contributed by atoms with Gasteiger partial charge in [-0.25, -0.2) is 9.40 Å². The standard InChI is InChI=1S/C24H35ClF3N5O5/c1-3-12(4-2)16(30-22(36)19(27)28)23(37)32-10-13-6-5-7-15(13)17(32)21(35)31-33(24(38)18(25)26)11-14-8-9-29-20(14)34/h12-19H,3-11H2,1-2H3,(H,29,34)(H,30,36)(H,31,35)/t13-,14-,15-,16?,17-,18?/m0/s1. The Morgan fingerprint density at radius 2 is 1.82 bits per heavy atom. The summed E-state index contributed by atoms with van der Waals surface area (Å²) in [4.78, 5) is 65.0. The van der Waals surface area contributed by atoms with Crippen LogP contribution in [0.2, 0.25) is 0 Å². The van der Waals surface area contributed by atoms with Crippen molar-refractivity contribution >= 4 is 41.1 Å². The zero-order valence-electron chi connectivity index (χ0n) is 21.4. The number of hydrazine groups is 1. The fraction of sp³-hybridized carbons (Fsp3) is 0.792. The lowest BCUT2D eigenvalue weighted by Gasteiger charge is -2.35. The summed E-state index contributed by atoms with van der Waals surface area (Å²) >= 11 is 5.36. The van der Waals surface area contributed by atoms with Gasteiger partial charge in [0, 0.05) is 13.1 Å². The Morgan fingerprint density at radius 1 is 1.13 bits per heavy atom. The Morgan fingerprint density at radius 3 is 2.37 bits per heavy atom. The van der Waals surface area contributed by atoms with Crippen LogP contribution in [0, 0.1) is 23.7 Å². The van der Waals surface area contributed by atoms with Crippen LogP contribution in [0.3, 0.4) is 0 Å². The molecule has 6 atom stereocenters. The number of nitrogens with zero attached hydrogens (tertiary/aromatic N) is 2. The Labute approximate surface area is 224 Å². The summed E-state index contributed by atoms with van der Waals surface area (Å²) in [6.07, 6.45) is 0.0896. The molecule has 0 spiro atoms. The molecule has 0 aromatic rings. The molecule has 14 heteroatoms. The van der Waals surface area contributed by atoms with Gasteiger partial charge in [0.1, 0.15) is 12.1 Å². The van der Waals surface area contributed by atoms with Gasteiger partial charge in [0.05, 0.1) is 12.5 Å². The number of fused-ring (bicyclic) bond motifs is 1. The van der Waals surface area contributed by atoms with Crippen LogP contribution in [0.15, 0.2) is 0 Å². The van der Waals surface area contributed by atoms with Gasteiger partial charge in [-0.2, -0.15) is 8.78 Å². The zero-order chi connectivity index (χ0) is 28.1. The van der Waals surface area contributed by atoms with Crippen LogP contribution in [-0.2, 0) is 24.0 Å². The average molecular weight is 566 g/mol. The molecule has 2 heterocycles. The van der Waals surface area contributed by atoms with Crippen LogP contribution in [0.1, 0.15) is 52.4 Å². The fourth-order valence-corrected chi connectivity index (χ4v) is 6.07. The molecule has 3 fully saturated rings. The van der Waals surface area contributed by atoms with Crippen LogP contribution in [-0.4, -0.2) is 83.2 Å². The van der Waals surface area contributed by atoms with E-state index in [0.29, 0.717) is 37.2 Å². The number of hydrogen-bond donors (Lipinski definition) is 3. The molecule has 3 rings (SSSR count). The van der Waals surface area contributed by atoms with Gasteiger partial charge in [-0.15, -0.1) is 0 Å². The normalized spacial score (nSPS) is 26.2. The summed E-state index contributed by atoms with van der Waals surface area (Å²) in [5, 5.41) is 5.44. The largest absolute Gasteiger partial charge is 0.356 e. The van der Waals surface area contributed by atoms with Crippen LogP contribution < -0.4 is 16.1 Å². The van der Waals surface area contributed by atoms with Crippen LogP contribution >= 0.6 is 11.6 Å². The topological polar surface area (TPSA) is 128 Å². The van der Waals surface area contributed by atoms with E-state index < -0.39 is 59.6 Å². The lowest BCUT2D eigenvalue weighted by Crippen LogP contribution is -2.60. The third kappa shape index (κ3) is 6.52. The third-order valence-corrected chi connectivity index (χ3v) is 8.17. The minimum absolute atomic E-state index is 0.0328. The SMILES string of the molecule is CCC(CC)C(NC(=O)C(F)F)C(=O)N1C[C@@H]2CCC[C@@H]2[C@H]1C(=O)NN(C[C@@H]1CCNC1=O)C(=O)C(F)Cl. The highest BCUT2D eigenvalue weighted by molar-refractivity contribution is 6.29. The lowest BCUT2D eigenvalue weighted by molar-refractivity contribution is -0.150. The van der Waals surface area contributed by atoms with E-state index >= 15 is 0 Å². The summed E-state index contributed by atoms with van der Waals surface area (Å²) in [6.45, 7) is 3.79. The molecule has 3 N–H and O–H groups in total. The molecule has 0 bridgehead atoms. The molecule has 1 saturated carbocycles. The Hall–Kier alpha value is -2.57. The molecule has 1 aliphatic carbocycles. The molecule has 0 aromatic heterocycles. The minimum atomic E-state index is -3.31. The minimum Gasteiger partial charge on any atom is -0.356 e. The van der Waals surface area contributed by atoms with Crippen molar-refractivity contribution in [2.24, 2.45) is 23.7 Å². The summed E-state index contributed by atoms with van der Waals surface area (Å²) < 4.78 is 39.9.